The molecule has 2 rings (SSSR count). The first-order valence-electron chi connectivity index (χ1n) is 8.24. The van der Waals surface area contributed by atoms with Gasteiger partial charge in [0.05, 0.1) is 6.61 Å². The van der Waals surface area contributed by atoms with Crippen LogP contribution in [0.25, 0.3) is 0 Å². The zero-order valence-electron chi connectivity index (χ0n) is 13.7. The smallest absolute Gasteiger partial charge is 0.0593 e. The van der Waals surface area contributed by atoms with E-state index in [1.165, 1.54) is 5.56 Å². The first-order valence-corrected chi connectivity index (χ1v) is 8.24. The molecule has 0 bridgehead atoms. The Balaban J connectivity index is 1.84. The van der Waals surface area contributed by atoms with Crippen LogP contribution in [0.5, 0.6) is 0 Å². The predicted molar refractivity (Wildman–Crippen MR) is 88.6 cm³/mol. The molecule has 0 aromatic heterocycles. The Morgan fingerprint density at radius 3 is 2.76 bits per heavy atom. The van der Waals surface area contributed by atoms with Crippen LogP contribution in [-0.2, 0) is 11.2 Å². The van der Waals surface area contributed by atoms with E-state index in [1.54, 1.807) is 0 Å². The molecule has 21 heavy (non-hydrogen) atoms. The van der Waals surface area contributed by atoms with Gasteiger partial charge in [0.2, 0.25) is 0 Å². The molecule has 3 heteroatoms. The van der Waals surface area contributed by atoms with Crippen molar-refractivity contribution in [3.05, 3.63) is 35.9 Å². The SMILES string of the molecule is CC(C)COCCN1CC(C)NCC1Cc1ccccc1. The summed E-state index contributed by atoms with van der Waals surface area (Å²) in [6.07, 6.45) is 1.12. The average molecular weight is 290 g/mol. The molecule has 1 aliphatic heterocycles. The highest BCUT2D eigenvalue weighted by atomic mass is 16.5. The van der Waals surface area contributed by atoms with Crippen LogP contribution in [-0.4, -0.2) is 49.8 Å². The quantitative estimate of drug-likeness (QED) is 0.781. The fourth-order valence-electron chi connectivity index (χ4n) is 2.89. The van der Waals surface area contributed by atoms with Gasteiger partial charge in [0.25, 0.3) is 0 Å². The summed E-state index contributed by atoms with van der Waals surface area (Å²) in [7, 11) is 0. The van der Waals surface area contributed by atoms with Gasteiger partial charge in [0, 0.05) is 38.3 Å². The Kier molecular flexibility index (Phi) is 6.68. The minimum Gasteiger partial charge on any atom is -0.380 e. The Hall–Kier alpha value is -0.900. The standard InChI is InChI=1S/C18H30N2O/c1-15(2)14-21-10-9-20-13-16(3)19-12-18(20)11-17-7-5-4-6-8-17/h4-8,15-16,18-19H,9-14H2,1-3H3. The molecule has 0 saturated carbocycles. The van der Waals surface area contributed by atoms with E-state index in [0.717, 1.165) is 39.3 Å². The molecule has 1 aliphatic rings. The largest absolute Gasteiger partial charge is 0.380 e. The first-order chi connectivity index (χ1) is 10.1. The predicted octanol–water partition coefficient (Wildman–Crippen LogP) is 2.56. The maximum atomic E-state index is 5.77. The third-order valence-electron chi connectivity index (χ3n) is 4.01. The van der Waals surface area contributed by atoms with Gasteiger partial charge in [-0.25, -0.2) is 0 Å². The molecule has 1 N–H and O–H groups in total. The number of nitrogens with zero attached hydrogens (tertiary/aromatic N) is 1. The maximum absolute atomic E-state index is 5.77. The van der Waals surface area contributed by atoms with Gasteiger partial charge in [-0.15, -0.1) is 0 Å². The number of hydrogen-bond donors (Lipinski definition) is 1. The molecule has 1 aromatic rings. The van der Waals surface area contributed by atoms with Gasteiger partial charge in [-0.2, -0.15) is 0 Å². The van der Waals surface area contributed by atoms with Crippen LogP contribution in [0, 0.1) is 5.92 Å². The molecule has 1 saturated heterocycles. The molecule has 2 atom stereocenters. The zero-order chi connectivity index (χ0) is 15.1. The third kappa shape index (κ3) is 5.77. The van der Waals surface area contributed by atoms with Crippen LogP contribution in [0.2, 0.25) is 0 Å². The Labute approximate surface area is 129 Å². The summed E-state index contributed by atoms with van der Waals surface area (Å²) < 4.78 is 5.77. The van der Waals surface area contributed by atoms with Crippen LogP contribution in [0.1, 0.15) is 26.3 Å². The van der Waals surface area contributed by atoms with Gasteiger partial charge in [-0.3, -0.25) is 4.90 Å². The molecule has 1 aromatic carbocycles. The van der Waals surface area contributed by atoms with Crippen LogP contribution in [0.3, 0.4) is 0 Å². The van der Waals surface area contributed by atoms with Crippen LogP contribution in [0.15, 0.2) is 30.3 Å². The van der Waals surface area contributed by atoms with Gasteiger partial charge in [-0.1, -0.05) is 44.2 Å². The van der Waals surface area contributed by atoms with Gasteiger partial charge < -0.3 is 10.1 Å². The van der Waals surface area contributed by atoms with Crippen molar-refractivity contribution in [3.8, 4) is 0 Å². The lowest BCUT2D eigenvalue weighted by Gasteiger charge is -2.39. The summed E-state index contributed by atoms with van der Waals surface area (Å²) in [5.74, 6) is 0.618. The average Bonchev–Trinajstić information content (AvgIpc) is 2.47. The minimum atomic E-state index is 0.571. The van der Waals surface area contributed by atoms with E-state index in [0.29, 0.717) is 18.0 Å². The van der Waals surface area contributed by atoms with E-state index in [1.807, 2.05) is 0 Å². The molecule has 118 valence electrons. The Bertz CT molecular complexity index is 393. The molecule has 1 fully saturated rings. The topological polar surface area (TPSA) is 24.5 Å². The zero-order valence-corrected chi connectivity index (χ0v) is 13.7. The van der Waals surface area contributed by atoms with Crippen molar-refractivity contribution in [3.63, 3.8) is 0 Å². The fourth-order valence-corrected chi connectivity index (χ4v) is 2.89. The van der Waals surface area contributed by atoms with Crippen molar-refractivity contribution in [2.75, 3.05) is 32.8 Å². The second-order valence-electron chi connectivity index (χ2n) is 6.62. The number of hydrogen-bond acceptors (Lipinski definition) is 3. The van der Waals surface area contributed by atoms with Crippen molar-refractivity contribution in [1.82, 2.24) is 10.2 Å². The molecule has 1 heterocycles. The monoisotopic (exact) mass is 290 g/mol. The second kappa shape index (κ2) is 8.52. The van der Waals surface area contributed by atoms with Gasteiger partial charge in [0.15, 0.2) is 0 Å². The van der Waals surface area contributed by atoms with E-state index < -0.39 is 0 Å². The van der Waals surface area contributed by atoms with E-state index in [-0.39, 0.29) is 0 Å². The number of nitrogens with one attached hydrogen (secondary N) is 1. The van der Waals surface area contributed by atoms with Crippen molar-refractivity contribution < 1.29 is 4.74 Å². The van der Waals surface area contributed by atoms with Crippen molar-refractivity contribution in [2.45, 2.75) is 39.3 Å². The Morgan fingerprint density at radius 1 is 1.29 bits per heavy atom. The van der Waals surface area contributed by atoms with Gasteiger partial charge in [-0.05, 0) is 24.8 Å². The molecule has 0 amide bonds. The molecule has 0 radical (unpaired) electrons. The highest BCUT2D eigenvalue weighted by Crippen LogP contribution is 2.13. The van der Waals surface area contributed by atoms with Gasteiger partial charge >= 0.3 is 0 Å². The van der Waals surface area contributed by atoms with Crippen molar-refractivity contribution in [1.29, 1.82) is 0 Å². The maximum Gasteiger partial charge on any atom is 0.0593 e. The summed E-state index contributed by atoms with van der Waals surface area (Å²) in [5.41, 5.74) is 1.42. The first kappa shape index (κ1) is 16.5. The van der Waals surface area contributed by atoms with Crippen LogP contribution in [0.4, 0.5) is 0 Å². The molecule has 0 spiro atoms. The van der Waals surface area contributed by atoms with Crippen molar-refractivity contribution in [2.24, 2.45) is 5.92 Å². The lowest BCUT2D eigenvalue weighted by Crippen LogP contribution is -2.56. The number of benzene rings is 1. The van der Waals surface area contributed by atoms with Crippen LogP contribution >= 0.6 is 0 Å². The molecule has 2 unspecified atom stereocenters. The van der Waals surface area contributed by atoms with E-state index in [4.69, 9.17) is 4.74 Å². The van der Waals surface area contributed by atoms with Gasteiger partial charge in [0.1, 0.15) is 0 Å². The number of rotatable bonds is 7. The minimum absolute atomic E-state index is 0.571. The lowest BCUT2D eigenvalue weighted by atomic mass is 10.0. The lowest BCUT2D eigenvalue weighted by molar-refractivity contribution is 0.0567. The van der Waals surface area contributed by atoms with E-state index >= 15 is 0 Å². The summed E-state index contributed by atoms with van der Waals surface area (Å²) in [5, 5.41) is 3.61. The Morgan fingerprint density at radius 2 is 2.05 bits per heavy atom. The molecule has 0 aliphatic carbocycles. The highest BCUT2D eigenvalue weighted by Gasteiger charge is 2.25. The second-order valence-corrected chi connectivity index (χ2v) is 6.62. The summed E-state index contributed by atoms with van der Waals surface area (Å²) >= 11 is 0. The number of piperazine rings is 1. The summed E-state index contributed by atoms with van der Waals surface area (Å²) in [4.78, 5) is 2.59. The van der Waals surface area contributed by atoms with E-state index in [9.17, 15) is 0 Å². The molecular formula is C18H30N2O. The van der Waals surface area contributed by atoms with E-state index in [2.05, 4.69) is 61.3 Å². The highest BCUT2D eigenvalue weighted by molar-refractivity contribution is 5.16. The fraction of sp³-hybridized carbons (Fsp3) is 0.667. The normalized spacial score (nSPS) is 23.6. The number of ether oxygens (including phenoxy) is 1. The summed E-state index contributed by atoms with van der Waals surface area (Å²) in [6, 6.07) is 11.9. The van der Waals surface area contributed by atoms with Crippen molar-refractivity contribution >= 4 is 0 Å². The molecular weight excluding hydrogens is 260 g/mol. The third-order valence-corrected chi connectivity index (χ3v) is 4.01. The van der Waals surface area contributed by atoms with Crippen LogP contribution < -0.4 is 5.32 Å². The summed E-state index contributed by atoms with van der Waals surface area (Å²) in [6.45, 7) is 11.6. The molecule has 3 nitrogen and oxygen atoms in total.